The molecule has 0 saturated heterocycles. The number of rotatable bonds is 4. The second-order valence-corrected chi connectivity index (χ2v) is 4.48. The number of esters is 1. The van der Waals surface area contributed by atoms with E-state index in [0.717, 1.165) is 5.33 Å². The lowest BCUT2D eigenvalue weighted by atomic mass is 10.1. The molecule has 2 rings (SSSR count). The molecule has 3 nitrogen and oxygen atoms in total. The summed E-state index contributed by atoms with van der Waals surface area (Å²) in [5.41, 5.74) is 2.99. The number of hydrogen-bond acceptors (Lipinski definition) is 2. The molecule has 0 saturated carbocycles. The highest BCUT2D eigenvalue weighted by Crippen LogP contribution is 2.15. The smallest absolute Gasteiger partial charge is 0.354 e. The van der Waals surface area contributed by atoms with E-state index in [0.29, 0.717) is 12.2 Å². The van der Waals surface area contributed by atoms with Crippen molar-refractivity contribution >= 4 is 21.9 Å². The number of ether oxygens (including phenoxy) is 1. The monoisotopic (exact) mass is 307 g/mol. The summed E-state index contributed by atoms with van der Waals surface area (Å²) in [6.07, 6.45) is 1.89. The third kappa shape index (κ3) is 2.64. The molecule has 0 bridgehead atoms. The number of benzene rings is 1. The molecule has 94 valence electrons. The lowest BCUT2D eigenvalue weighted by Gasteiger charge is -2.10. The van der Waals surface area contributed by atoms with Crippen molar-refractivity contribution in [3.8, 4) is 0 Å². The Morgan fingerprint density at radius 2 is 1.94 bits per heavy atom. The molecule has 0 aliphatic heterocycles. The lowest BCUT2D eigenvalue weighted by molar-refractivity contribution is 0.0589. The maximum absolute atomic E-state index is 11.6. The molecule has 0 atom stereocenters. The van der Waals surface area contributed by atoms with Crippen molar-refractivity contribution in [1.29, 1.82) is 0 Å². The lowest BCUT2D eigenvalue weighted by Crippen LogP contribution is -2.11. The Morgan fingerprint density at radius 1 is 1.22 bits per heavy atom. The standard InChI is InChI=1S/C14H14BrNO2/c1-18-14(17)13-7-4-8-16(13)10-12-6-3-2-5-11(12)9-15/h2-8H,9-10H2,1H3. The predicted molar refractivity (Wildman–Crippen MR) is 73.9 cm³/mol. The minimum Gasteiger partial charge on any atom is -0.464 e. The zero-order valence-corrected chi connectivity index (χ0v) is 11.7. The van der Waals surface area contributed by atoms with Crippen molar-refractivity contribution in [3.63, 3.8) is 0 Å². The van der Waals surface area contributed by atoms with E-state index in [4.69, 9.17) is 4.74 Å². The highest BCUT2D eigenvalue weighted by Gasteiger charge is 2.11. The van der Waals surface area contributed by atoms with Gasteiger partial charge < -0.3 is 9.30 Å². The van der Waals surface area contributed by atoms with Crippen LogP contribution in [-0.2, 0) is 16.6 Å². The van der Waals surface area contributed by atoms with Crippen molar-refractivity contribution < 1.29 is 9.53 Å². The van der Waals surface area contributed by atoms with Crippen LogP contribution in [0, 0.1) is 0 Å². The van der Waals surface area contributed by atoms with Crippen molar-refractivity contribution in [3.05, 3.63) is 59.4 Å². The van der Waals surface area contributed by atoms with Gasteiger partial charge in [0.25, 0.3) is 0 Å². The molecule has 0 radical (unpaired) electrons. The van der Waals surface area contributed by atoms with E-state index in [1.54, 1.807) is 6.07 Å². The number of carbonyl (C=O) groups is 1. The Kier molecular flexibility index (Phi) is 4.20. The molecule has 4 heteroatoms. The molecule has 1 heterocycles. The Labute approximate surface area is 115 Å². The summed E-state index contributed by atoms with van der Waals surface area (Å²) >= 11 is 3.47. The fourth-order valence-electron chi connectivity index (χ4n) is 1.87. The van der Waals surface area contributed by atoms with Crippen LogP contribution in [0.15, 0.2) is 42.6 Å². The molecule has 0 aliphatic rings. The highest BCUT2D eigenvalue weighted by atomic mass is 79.9. The van der Waals surface area contributed by atoms with Crippen LogP contribution in [0.2, 0.25) is 0 Å². The van der Waals surface area contributed by atoms with Gasteiger partial charge in [0.05, 0.1) is 7.11 Å². The van der Waals surface area contributed by atoms with Crippen LogP contribution in [0.25, 0.3) is 0 Å². The van der Waals surface area contributed by atoms with Gasteiger partial charge in [-0.05, 0) is 23.3 Å². The van der Waals surface area contributed by atoms with Gasteiger partial charge in [0.15, 0.2) is 0 Å². The minimum atomic E-state index is -0.309. The Hall–Kier alpha value is -1.55. The van der Waals surface area contributed by atoms with Crippen LogP contribution in [0.5, 0.6) is 0 Å². The number of halogens is 1. The minimum absolute atomic E-state index is 0.309. The number of alkyl halides is 1. The van der Waals surface area contributed by atoms with E-state index < -0.39 is 0 Å². The fraction of sp³-hybridized carbons (Fsp3) is 0.214. The number of methoxy groups -OCH3 is 1. The molecule has 0 amide bonds. The molecule has 1 aromatic carbocycles. The van der Waals surface area contributed by atoms with E-state index in [1.165, 1.54) is 18.2 Å². The summed E-state index contributed by atoms with van der Waals surface area (Å²) in [5, 5.41) is 0.804. The third-order valence-corrected chi connectivity index (χ3v) is 3.43. The average Bonchev–Trinajstić information content (AvgIpc) is 2.86. The van der Waals surface area contributed by atoms with E-state index >= 15 is 0 Å². The van der Waals surface area contributed by atoms with Gasteiger partial charge in [0.2, 0.25) is 0 Å². The fourth-order valence-corrected chi connectivity index (χ4v) is 2.41. The zero-order valence-electron chi connectivity index (χ0n) is 10.1. The van der Waals surface area contributed by atoms with E-state index in [2.05, 4.69) is 28.1 Å². The molecular weight excluding hydrogens is 294 g/mol. The second kappa shape index (κ2) is 5.87. The second-order valence-electron chi connectivity index (χ2n) is 3.92. The predicted octanol–water partition coefficient (Wildman–Crippen LogP) is 3.22. The number of aromatic nitrogens is 1. The van der Waals surface area contributed by atoms with E-state index in [1.807, 2.05) is 29.0 Å². The van der Waals surface area contributed by atoms with Crippen molar-refractivity contribution in [2.45, 2.75) is 11.9 Å². The Balaban J connectivity index is 2.29. The van der Waals surface area contributed by atoms with Crippen LogP contribution >= 0.6 is 15.9 Å². The van der Waals surface area contributed by atoms with Crippen molar-refractivity contribution in [2.24, 2.45) is 0 Å². The molecule has 0 fully saturated rings. The van der Waals surface area contributed by atoms with Gasteiger partial charge in [0.1, 0.15) is 5.69 Å². The first kappa shape index (κ1) is 12.9. The Morgan fingerprint density at radius 3 is 2.61 bits per heavy atom. The first-order chi connectivity index (χ1) is 8.76. The van der Waals surface area contributed by atoms with Crippen LogP contribution in [-0.4, -0.2) is 17.6 Å². The van der Waals surface area contributed by atoms with Gasteiger partial charge in [-0.1, -0.05) is 40.2 Å². The average molecular weight is 308 g/mol. The van der Waals surface area contributed by atoms with Gasteiger partial charge in [0, 0.05) is 18.1 Å². The quantitative estimate of drug-likeness (QED) is 0.641. The van der Waals surface area contributed by atoms with Gasteiger partial charge in [-0.3, -0.25) is 0 Å². The molecule has 2 aromatic rings. The molecular formula is C14H14BrNO2. The van der Waals surface area contributed by atoms with Crippen LogP contribution in [0.1, 0.15) is 21.6 Å². The van der Waals surface area contributed by atoms with Crippen LogP contribution in [0.4, 0.5) is 0 Å². The summed E-state index contributed by atoms with van der Waals surface area (Å²) in [6.45, 7) is 0.666. The summed E-state index contributed by atoms with van der Waals surface area (Å²) in [7, 11) is 1.39. The maximum Gasteiger partial charge on any atom is 0.354 e. The van der Waals surface area contributed by atoms with Crippen LogP contribution in [0.3, 0.4) is 0 Å². The first-order valence-electron chi connectivity index (χ1n) is 5.62. The van der Waals surface area contributed by atoms with Gasteiger partial charge in [-0.15, -0.1) is 0 Å². The zero-order chi connectivity index (χ0) is 13.0. The van der Waals surface area contributed by atoms with Crippen LogP contribution < -0.4 is 0 Å². The molecule has 18 heavy (non-hydrogen) atoms. The van der Waals surface area contributed by atoms with E-state index in [9.17, 15) is 4.79 Å². The summed E-state index contributed by atoms with van der Waals surface area (Å²) in [5.74, 6) is -0.309. The Bertz CT molecular complexity index is 548. The van der Waals surface area contributed by atoms with E-state index in [-0.39, 0.29) is 5.97 Å². The summed E-state index contributed by atoms with van der Waals surface area (Å²) in [4.78, 5) is 11.6. The summed E-state index contributed by atoms with van der Waals surface area (Å²) < 4.78 is 6.66. The topological polar surface area (TPSA) is 31.2 Å². The number of nitrogens with zero attached hydrogens (tertiary/aromatic N) is 1. The molecule has 0 spiro atoms. The SMILES string of the molecule is COC(=O)c1cccn1Cc1ccccc1CBr. The largest absolute Gasteiger partial charge is 0.464 e. The van der Waals surface area contributed by atoms with Gasteiger partial charge >= 0.3 is 5.97 Å². The molecule has 0 unspecified atom stereocenters. The highest BCUT2D eigenvalue weighted by molar-refractivity contribution is 9.08. The molecule has 0 N–H and O–H groups in total. The van der Waals surface area contributed by atoms with Gasteiger partial charge in [-0.25, -0.2) is 4.79 Å². The van der Waals surface area contributed by atoms with Crippen molar-refractivity contribution in [2.75, 3.05) is 7.11 Å². The maximum atomic E-state index is 11.6. The number of carbonyl (C=O) groups excluding carboxylic acids is 1. The first-order valence-corrected chi connectivity index (χ1v) is 6.74. The molecule has 1 aromatic heterocycles. The number of hydrogen-bond donors (Lipinski definition) is 0. The third-order valence-electron chi connectivity index (χ3n) is 2.83. The molecule has 0 aliphatic carbocycles. The van der Waals surface area contributed by atoms with Gasteiger partial charge in [-0.2, -0.15) is 0 Å². The van der Waals surface area contributed by atoms with Crippen molar-refractivity contribution in [1.82, 2.24) is 4.57 Å². The normalized spacial score (nSPS) is 10.3. The summed E-state index contributed by atoms with van der Waals surface area (Å²) in [6, 6.07) is 11.8.